The number of hydrogen-bond acceptors (Lipinski definition) is 6. The number of hydrogen-bond donors (Lipinski definition) is 1. The van der Waals surface area contributed by atoms with E-state index in [2.05, 4.69) is 33.3 Å². The summed E-state index contributed by atoms with van der Waals surface area (Å²) in [6.45, 7) is 6.16. The average Bonchev–Trinajstić information content (AvgIpc) is 3.09. The summed E-state index contributed by atoms with van der Waals surface area (Å²) < 4.78 is 0.619. The molecule has 0 spiro atoms. The number of halogens is 1. The number of non-ortho nitro benzene ring substituents is 1. The Kier molecular flexibility index (Phi) is 5.64. The van der Waals surface area contributed by atoms with Crippen LogP contribution in [0.25, 0.3) is 0 Å². The van der Waals surface area contributed by atoms with Crippen molar-refractivity contribution in [2.24, 2.45) is 21.4 Å². The number of benzene rings is 2. The monoisotopic (exact) mass is 513 g/mol. The first-order valence-corrected chi connectivity index (χ1v) is 11.4. The summed E-state index contributed by atoms with van der Waals surface area (Å²) in [4.78, 5) is 41.8. The molecule has 172 valence electrons. The van der Waals surface area contributed by atoms with Crippen molar-refractivity contribution in [3.05, 3.63) is 68.7 Å². The van der Waals surface area contributed by atoms with Crippen LogP contribution < -0.4 is 5.32 Å². The van der Waals surface area contributed by atoms with E-state index < -0.39 is 27.1 Å². The number of anilines is 1. The van der Waals surface area contributed by atoms with E-state index in [9.17, 15) is 19.7 Å². The fraction of sp³-hybridized carbons (Fsp3) is 0.375. The first kappa shape index (κ1) is 23.1. The fourth-order valence-electron chi connectivity index (χ4n) is 5.21. The lowest BCUT2D eigenvalue weighted by atomic mass is 9.64. The molecule has 0 heterocycles. The lowest BCUT2D eigenvalue weighted by Crippen LogP contribution is -2.43. The van der Waals surface area contributed by atoms with Gasteiger partial charge >= 0.3 is 5.97 Å². The highest BCUT2D eigenvalue weighted by Gasteiger charge is 2.71. The van der Waals surface area contributed by atoms with Crippen molar-refractivity contribution in [2.45, 2.75) is 40.0 Å². The Morgan fingerprint density at radius 2 is 1.76 bits per heavy atom. The van der Waals surface area contributed by atoms with Gasteiger partial charge in [-0.25, -0.2) is 4.79 Å². The number of oxime groups is 1. The van der Waals surface area contributed by atoms with Crippen molar-refractivity contribution >= 4 is 44.9 Å². The SMILES string of the molecule is CC12CCC(C(=O)Nc3ccc([N+](=O)[O-])cc3)(C/C1=N\OC(=O)c1ccccc1Br)C2(C)C. The van der Waals surface area contributed by atoms with Crippen LogP contribution in [0.5, 0.6) is 0 Å². The molecule has 2 fully saturated rings. The Labute approximate surface area is 199 Å². The number of fused-ring (bicyclic) bond motifs is 2. The van der Waals surface area contributed by atoms with Gasteiger partial charge in [-0.15, -0.1) is 0 Å². The molecule has 0 aromatic heterocycles. The zero-order chi connectivity index (χ0) is 24.0. The normalized spacial score (nSPS) is 26.2. The number of nitrogens with one attached hydrogen (secondary N) is 1. The molecule has 2 aliphatic rings. The summed E-state index contributed by atoms with van der Waals surface area (Å²) in [6, 6.07) is 12.7. The summed E-state index contributed by atoms with van der Waals surface area (Å²) in [5, 5.41) is 18.1. The summed E-state index contributed by atoms with van der Waals surface area (Å²) in [5.41, 5.74) is -0.0604. The first-order chi connectivity index (χ1) is 15.5. The van der Waals surface area contributed by atoms with Gasteiger partial charge in [0, 0.05) is 34.1 Å². The van der Waals surface area contributed by atoms with Crippen LogP contribution in [-0.4, -0.2) is 22.5 Å². The van der Waals surface area contributed by atoms with Gasteiger partial charge in [0.2, 0.25) is 5.91 Å². The number of nitrogens with zero attached hydrogens (tertiary/aromatic N) is 2. The molecule has 1 amide bonds. The molecule has 0 aliphatic heterocycles. The third-order valence-corrected chi connectivity index (χ3v) is 8.53. The van der Waals surface area contributed by atoms with Crippen LogP contribution in [-0.2, 0) is 9.63 Å². The van der Waals surface area contributed by atoms with E-state index in [-0.39, 0.29) is 11.6 Å². The van der Waals surface area contributed by atoms with Gasteiger partial charge in [-0.05, 0) is 58.5 Å². The van der Waals surface area contributed by atoms with Crippen LogP contribution in [0.15, 0.2) is 58.2 Å². The predicted octanol–water partition coefficient (Wildman–Crippen LogP) is 5.73. The van der Waals surface area contributed by atoms with Gasteiger partial charge < -0.3 is 10.2 Å². The van der Waals surface area contributed by atoms with Crippen molar-refractivity contribution in [1.82, 2.24) is 0 Å². The highest BCUT2D eigenvalue weighted by atomic mass is 79.9. The molecule has 1 N–H and O–H groups in total. The van der Waals surface area contributed by atoms with Crippen LogP contribution in [0.3, 0.4) is 0 Å². The molecule has 9 heteroatoms. The highest BCUT2D eigenvalue weighted by Crippen LogP contribution is 2.71. The molecule has 0 saturated heterocycles. The van der Waals surface area contributed by atoms with Crippen molar-refractivity contribution in [1.29, 1.82) is 0 Å². The molecule has 2 atom stereocenters. The summed E-state index contributed by atoms with van der Waals surface area (Å²) in [6.07, 6.45) is 1.78. The zero-order valence-corrected chi connectivity index (χ0v) is 20.1. The van der Waals surface area contributed by atoms with E-state index in [4.69, 9.17) is 4.84 Å². The van der Waals surface area contributed by atoms with Gasteiger partial charge in [-0.2, -0.15) is 0 Å². The van der Waals surface area contributed by atoms with Crippen molar-refractivity contribution < 1.29 is 19.3 Å². The second-order valence-corrected chi connectivity index (χ2v) is 10.2. The van der Waals surface area contributed by atoms with Crippen molar-refractivity contribution in [3.8, 4) is 0 Å². The summed E-state index contributed by atoms with van der Waals surface area (Å²) in [7, 11) is 0. The van der Waals surface area contributed by atoms with Gasteiger partial charge in [-0.1, -0.05) is 38.1 Å². The minimum absolute atomic E-state index is 0.0397. The van der Waals surface area contributed by atoms with Gasteiger partial charge in [0.05, 0.1) is 21.6 Å². The van der Waals surface area contributed by atoms with Crippen molar-refractivity contribution in [2.75, 3.05) is 5.32 Å². The second kappa shape index (κ2) is 8.06. The van der Waals surface area contributed by atoms with E-state index in [1.165, 1.54) is 24.3 Å². The number of rotatable bonds is 5. The minimum atomic E-state index is -0.734. The van der Waals surface area contributed by atoms with Crippen molar-refractivity contribution in [3.63, 3.8) is 0 Å². The molecule has 2 aliphatic carbocycles. The molecule has 0 radical (unpaired) electrons. The number of amides is 1. The molecule has 2 aromatic rings. The topological polar surface area (TPSA) is 111 Å². The van der Waals surface area contributed by atoms with Crippen LogP contribution in [0.2, 0.25) is 0 Å². The van der Waals surface area contributed by atoms with Gasteiger partial charge in [0.15, 0.2) is 0 Å². The number of carbonyl (C=O) groups excluding carboxylic acids is 2. The number of nitro benzene ring substituents is 1. The Bertz CT molecular complexity index is 1180. The van der Waals surface area contributed by atoms with E-state index in [1.807, 2.05) is 13.8 Å². The predicted molar refractivity (Wildman–Crippen MR) is 127 cm³/mol. The molecule has 2 saturated carbocycles. The molecule has 2 unspecified atom stereocenters. The average molecular weight is 514 g/mol. The molecular weight excluding hydrogens is 490 g/mol. The quantitative estimate of drug-likeness (QED) is 0.312. The molecule has 4 rings (SSSR count). The molecular formula is C24H24BrN3O5. The maximum atomic E-state index is 13.5. The Hall–Kier alpha value is -3.07. The highest BCUT2D eigenvalue weighted by molar-refractivity contribution is 9.10. The summed E-state index contributed by atoms with van der Waals surface area (Å²) >= 11 is 3.34. The maximum Gasteiger partial charge on any atom is 0.366 e. The molecule has 33 heavy (non-hydrogen) atoms. The van der Waals surface area contributed by atoms with Gasteiger partial charge in [0.25, 0.3) is 5.69 Å². The third kappa shape index (κ3) is 3.55. The Morgan fingerprint density at radius 1 is 1.09 bits per heavy atom. The lowest BCUT2D eigenvalue weighted by Gasteiger charge is -2.39. The number of nitro groups is 1. The molecule has 2 aromatic carbocycles. The third-order valence-electron chi connectivity index (χ3n) is 7.84. The van der Waals surface area contributed by atoms with Crippen LogP contribution in [0.4, 0.5) is 11.4 Å². The standard InChI is InChI=1S/C24H24BrN3O5/c1-22(2)23(3)12-13-24(22,21(30)26-15-8-10-16(11-9-15)28(31)32)14-19(23)27-33-20(29)17-6-4-5-7-18(17)25/h4-11H,12-14H2,1-3H3,(H,26,30)/b27-19+. The minimum Gasteiger partial charge on any atom is -0.326 e. The number of carbonyl (C=O) groups is 2. The Morgan fingerprint density at radius 3 is 2.39 bits per heavy atom. The zero-order valence-electron chi connectivity index (χ0n) is 18.6. The summed E-state index contributed by atoms with van der Waals surface area (Å²) in [5.74, 6) is -0.726. The van der Waals surface area contributed by atoms with Gasteiger partial charge in [-0.3, -0.25) is 14.9 Å². The Balaban J connectivity index is 1.57. The maximum absolute atomic E-state index is 13.5. The molecule has 8 nitrogen and oxygen atoms in total. The smallest absolute Gasteiger partial charge is 0.326 e. The largest absolute Gasteiger partial charge is 0.366 e. The van der Waals surface area contributed by atoms with Crippen LogP contribution in [0.1, 0.15) is 50.4 Å². The van der Waals surface area contributed by atoms with Gasteiger partial charge in [0.1, 0.15) is 0 Å². The molecule has 2 bridgehead atoms. The van der Waals surface area contributed by atoms with E-state index in [1.54, 1.807) is 24.3 Å². The van der Waals surface area contributed by atoms with E-state index in [0.29, 0.717) is 34.3 Å². The van der Waals surface area contributed by atoms with E-state index in [0.717, 1.165) is 6.42 Å². The lowest BCUT2D eigenvalue weighted by molar-refractivity contribution is -0.384. The second-order valence-electron chi connectivity index (χ2n) is 9.37. The van der Waals surface area contributed by atoms with E-state index >= 15 is 0 Å². The van der Waals surface area contributed by atoms with Crippen LogP contribution in [0, 0.1) is 26.4 Å². The first-order valence-electron chi connectivity index (χ1n) is 10.6. The van der Waals surface area contributed by atoms with Crippen LogP contribution >= 0.6 is 15.9 Å². The fourth-order valence-corrected chi connectivity index (χ4v) is 5.66.